The Labute approximate surface area is 86.4 Å². The molecule has 1 nitrogen and oxygen atoms in total. The summed E-state index contributed by atoms with van der Waals surface area (Å²) >= 11 is 2.04. The van der Waals surface area contributed by atoms with Crippen LogP contribution in [0.25, 0.3) is 0 Å². The van der Waals surface area contributed by atoms with Gasteiger partial charge in [0.25, 0.3) is 0 Å². The van der Waals surface area contributed by atoms with Crippen molar-refractivity contribution >= 4 is 11.8 Å². The normalized spacial score (nSPS) is 29.2. The second-order valence-electron chi connectivity index (χ2n) is 4.49. The first kappa shape index (κ1) is 11.1. The zero-order chi connectivity index (χ0) is 10.1. The lowest BCUT2D eigenvalue weighted by atomic mass is 9.85. The molecule has 0 aliphatic carbocycles. The summed E-state index contributed by atoms with van der Waals surface area (Å²) in [6, 6.07) is 0.702. The fourth-order valence-electron chi connectivity index (χ4n) is 1.40. The van der Waals surface area contributed by atoms with Crippen molar-refractivity contribution in [2.24, 2.45) is 5.41 Å². The molecule has 0 amide bonds. The Hall–Kier alpha value is 0.0500. The molecular formula is C11H21NS. The largest absolute Gasteiger partial charge is 0.301 e. The molecule has 0 aromatic carbocycles. The summed E-state index contributed by atoms with van der Waals surface area (Å²) in [6.45, 7) is 13.0. The molecule has 1 fully saturated rings. The van der Waals surface area contributed by atoms with Crippen LogP contribution in [0.2, 0.25) is 0 Å². The molecule has 1 saturated heterocycles. The van der Waals surface area contributed by atoms with Crippen LogP contribution in [-0.2, 0) is 0 Å². The maximum absolute atomic E-state index is 4.07. The van der Waals surface area contributed by atoms with Crippen molar-refractivity contribution < 1.29 is 0 Å². The van der Waals surface area contributed by atoms with E-state index in [1.807, 2.05) is 11.8 Å². The van der Waals surface area contributed by atoms with Gasteiger partial charge in [-0.1, -0.05) is 32.9 Å². The van der Waals surface area contributed by atoms with Gasteiger partial charge in [-0.05, 0) is 13.3 Å². The number of hydrogen-bond acceptors (Lipinski definition) is 2. The molecule has 1 aliphatic rings. The Kier molecular flexibility index (Phi) is 3.47. The van der Waals surface area contributed by atoms with Gasteiger partial charge in [-0.15, -0.1) is 11.8 Å². The number of rotatable bonds is 3. The fraction of sp³-hybridized carbons (Fsp3) is 0.818. The van der Waals surface area contributed by atoms with E-state index in [2.05, 4.69) is 39.6 Å². The van der Waals surface area contributed by atoms with Gasteiger partial charge in [-0.3, -0.25) is 0 Å². The summed E-state index contributed by atoms with van der Waals surface area (Å²) in [7, 11) is 0. The first-order chi connectivity index (χ1) is 5.98. The van der Waals surface area contributed by atoms with Crippen LogP contribution in [0.1, 0.15) is 34.1 Å². The van der Waals surface area contributed by atoms with E-state index < -0.39 is 0 Å². The summed E-state index contributed by atoms with van der Waals surface area (Å²) in [5.74, 6) is 1.25. The third-order valence-corrected chi connectivity index (χ3v) is 4.75. The maximum atomic E-state index is 4.07. The molecule has 0 bridgehead atoms. The van der Waals surface area contributed by atoms with Crippen LogP contribution in [0.3, 0.4) is 0 Å². The minimum absolute atomic E-state index is 0.217. The predicted octanol–water partition coefficient (Wildman–Crippen LogP) is 3.03. The Bertz CT molecular complexity index is 198. The van der Waals surface area contributed by atoms with Crippen LogP contribution in [0.15, 0.2) is 12.2 Å². The lowest BCUT2D eigenvalue weighted by molar-refractivity contribution is 0.365. The van der Waals surface area contributed by atoms with Crippen molar-refractivity contribution in [3.05, 3.63) is 12.2 Å². The SMILES string of the molecule is C=C(C)C(C)(C)C1NC(CC)CS1. The van der Waals surface area contributed by atoms with Gasteiger partial charge in [-0.25, -0.2) is 0 Å². The highest BCUT2D eigenvalue weighted by atomic mass is 32.2. The molecule has 0 aromatic rings. The molecule has 2 unspecified atom stereocenters. The van der Waals surface area contributed by atoms with E-state index in [1.165, 1.54) is 17.7 Å². The Morgan fingerprint density at radius 2 is 2.23 bits per heavy atom. The van der Waals surface area contributed by atoms with Crippen LogP contribution in [-0.4, -0.2) is 17.2 Å². The van der Waals surface area contributed by atoms with Gasteiger partial charge < -0.3 is 5.32 Å². The number of hydrogen-bond donors (Lipinski definition) is 1. The third kappa shape index (κ3) is 2.29. The monoisotopic (exact) mass is 199 g/mol. The number of nitrogens with one attached hydrogen (secondary N) is 1. The van der Waals surface area contributed by atoms with E-state index in [0.29, 0.717) is 11.4 Å². The zero-order valence-corrected chi connectivity index (χ0v) is 10.0. The van der Waals surface area contributed by atoms with Crippen molar-refractivity contribution in [3.8, 4) is 0 Å². The first-order valence-corrected chi connectivity index (χ1v) is 6.07. The highest BCUT2D eigenvalue weighted by molar-refractivity contribution is 8.00. The third-order valence-electron chi connectivity index (χ3n) is 3.10. The van der Waals surface area contributed by atoms with Crippen LogP contribution in [0.4, 0.5) is 0 Å². The van der Waals surface area contributed by atoms with E-state index in [1.54, 1.807) is 0 Å². The van der Waals surface area contributed by atoms with Crippen molar-refractivity contribution in [3.63, 3.8) is 0 Å². The van der Waals surface area contributed by atoms with Crippen LogP contribution >= 0.6 is 11.8 Å². The van der Waals surface area contributed by atoms with Crippen molar-refractivity contribution in [1.29, 1.82) is 0 Å². The Morgan fingerprint density at radius 1 is 1.62 bits per heavy atom. The summed E-state index contributed by atoms with van der Waals surface area (Å²) in [6.07, 6.45) is 1.23. The topological polar surface area (TPSA) is 12.0 Å². The highest BCUT2D eigenvalue weighted by Gasteiger charge is 2.35. The van der Waals surface area contributed by atoms with Gasteiger partial charge in [0.1, 0.15) is 0 Å². The van der Waals surface area contributed by atoms with Gasteiger partial charge in [0, 0.05) is 17.2 Å². The van der Waals surface area contributed by atoms with E-state index in [4.69, 9.17) is 0 Å². The molecule has 1 N–H and O–H groups in total. The quantitative estimate of drug-likeness (QED) is 0.701. The lowest BCUT2D eigenvalue weighted by Gasteiger charge is -2.32. The maximum Gasteiger partial charge on any atom is 0.0624 e. The van der Waals surface area contributed by atoms with Crippen LogP contribution in [0.5, 0.6) is 0 Å². The van der Waals surface area contributed by atoms with Gasteiger partial charge in [0.05, 0.1) is 5.37 Å². The van der Waals surface area contributed by atoms with E-state index in [0.717, 1.165) is 0 Å². The minimum Gasteiger partial charge on any atom is -0.301 e. The molecule has 0 spiro atoms. The molecule has 0 saturated carbocycles. The van der Waals surface area contributed by atoms with Crippen molar-refractivity contribution in [1.82, 2.24) is 5.32 Å². The summed E-state index contributed by atoms with van der Waals surface area (Å²) < 4.78 is 0. The summed E-state index contributed by atoms with van der Waals surface area (Å²) in [4.78, 5) is 0. The summed E-state index contributed by atoms with van der Waals surface area (Å²) in [5.41, 5.74) is 1.49. The average Bonchev–Trinajstić information content (AvgIpc) is 2.51. The molecule has 0 aromatic heterocycles. The molecule has 2 atom stereocenters. The molecular weight excluding hydrogens is 178 g/mol. The molecule has 76 valence electrons. The van der Waals surface area contributed by atoms with Gasteiger partial charge >= 0.3 is 0 Å². The van der Waals surface area contributed by atoms with Gasteiger partial charge in [0.2, 0.25) is 0 Å². The second kappa shape index (κ2) is 4.05. The van der Waals surface area contributed by atoms with Gasteiger partial charge in [0.15, 0.2) is 0 Å². The first-order valence-electron chi connectivity index (χ1n) is 5.02. The van der Waals surface area contributed by atoms with E-state index in [-0.39, 0.29) is 5.41 Å². The molecule has 2 heteroatoms. The Morgan fingerprint density at radius 3 is 2.62 bits per heavy atom. The van der Waals surface area contributed by atoms with E-state index in [9.17, 15) is 0 Å². The van der Waals surface area contributed by atoms with Crippen molar-refractivity contribution in [2.45, 2.75) is 45.5 Å². The minimum atomic E-state index is 0.217. The zero-order valence-electron chi connectivity index (χ0n) is 9.18. The standard InChI is InChI=1S/C11H21NS/c1-6-9-7-13-10(12-9)11(4,5)8(2)3/h9-10,12H,2,6-7H2,1,3-5H3. The molecule has 1 rings (SSSR count). The van der Waals surface area contributed by atoms with Crippen molar-refractivity contribution in [2.75, 3.05) is 5.75 Å². The van der Waals surface area contributed by atoms with Crippen LogP contribution < -0.4 is 5.32 Å². The van der Waals surface area contributed by atoms with Gasteiger partial charge in [-0.2, -0.15) is 0 Å². The molecule has 13 heavy (non-hydrogen) atoms. The second-order valence-corrected chi connectivity index (χ2v) is 5.63. The smallest absolute Gasteiger partial charge is 0.0624 e. The van der Waals surface area contributed by atoms with E-state index >= 15 is 0 Å². The molecule has 1 heterocycles. The summed E-state index contributed by atoms with van der Waals surface area (Å²) in [5, 5.41) is 4.22. The Balaban J connectivity index is 2.59. The highest BCUT2D eigenvalue weighted by Crippen LogP contribution is 2.38. The molecule has 1 aliphatic heterocycles. The fourth-order valence-corrected chi connectivity index (χ4v) is 3.06. The lowest BCUT2D eigenvalue weighted by Crippen LogP contribution is -2.39. The molecule has 0 radical (unpaired) electrons. The van der Waals surface area contributed by atoms with Crippen LogP contribution in [0, 0.1) is 5.41 Å². The predicted molar refractivity (Wildman–Crippen MR) is 62.1 cm³/mol. The number of thioether (sulfide) groups is 1. The average molecular weight is 199 g/mol.